The van der Waals surface area contributed by atoms with Crippen LogP contribution in [0.5, 0.6) is 0 Å². The van der Waals surface area contributed by atoms with Gasteiger partial charge in [-0.25, -0.2) is 53.5 Å². The zero-order chi connectivity index (χ0) is 47.3. The summed E-state index contributed by atoms with van der Waals surface area (Å²) in [4.78, 5) is 94.5. The van der Waals surface area contributed by atoms with Crippen LogP contribution in [0.2, 0.25) is 0 Å². The quantitative estimate of drug-likeness (QED) is 0.150. The zero-order valence-corrected chi connectivity index (χ0v) is 37.7. The molecule has 0 heterocycles. The minimum absolute atomic E-state index is 0. The van der Waals surface area contributed by atoms with E-state index in [1.54, 1.807) is 60.7 Å². The maximum Gasteiger partial charge on any atom is 0.240 e. The first-order valence-corrected chi connectivity index (χ1v) is 22.0. The Kier molecular flexibility index (Phi) is 48.7. The van der Waals surface area contributed by atoms with E-state index in [4.69, 9.17) is 0 Å². The molecular weight excluding hydrogens is 847 g/mol. The number of carbonyl (C=O) groups excluding carboxylic acids is 7. The molecule has 0 saturated heterocycles. The third-order valence-electron chi connectivity index (χ3n) is 9.70. The van der Waals surface area contributed by atoms with E-state index in [1.807, 2.05) is 54.6 Å². The van der Waals surface area contributed by atoms with E-state index in [9.17, 15) is 33.6 Å². The van der Waals surface area contributed by atoms with Gasteiger partial charge in [-0.1, -0.05) is 117 Å². The van der Waals surface area contributed by atoms with Crippen molar-refractivity contribution in [2.45, 2.75) is 170 Å². The van der Waals surface area contributed by atoms with Gasteiger partial charge in [0.2, 0.25) is 42.6 Å². The van der Waals surface area contributed by atoms with Crippen LogP contribution in [-0.2, 0) is 33.6 Å². The van der Waals surface area contributed by atoms with Gasteiger partial charge in [-0.3, -0.25) is 0 Å². The van der Waals surface area contributed by atoms with Crippen molar-refractivity contribution in [3.8, 4) is 0 Å². The Bertz CT molecular complexity index is 1780. The van der Waals surface area contributed by atoms with Gasteiger partial charge in [0, 0.05) is 0 Å². The number of nitrogens with zero attached hydrogens (tertiary/aromatic N) is 7. The molecule has 14 nitrogen and oxygen atoms in total. The van der Waals surface area contributed by atoms with Crippen LogP contribution in [-0.4, -0.2) is 66.7 Å². The summed E-state index contributed by atoms with van der Waals surface area (Å²) in [6, 6.07) is 27.6. The van der Waals surface area contributed by atoms with Crippen molar-refractivity contribution < 1.29 is 33.6 Å². The van der Waals surface area contributed by atoms with Crippen molar-refractivity contribution in [2.24, 2.45) is 46.8 Å². The maximum absolute atomic E-state index is 10.2. The predicted octanol–water partition coefficient (Wildman–Crippen LogP) is 13.8. The number of hydrogen-bond acceptors (Lipinski definition) is 14. The molecule has 0 amide bonds. The highest BCUT2D eigenvalue weighted by Crippen LogP contribution is 2.36. The summed E-state index contributed by atoms with van der Waals surface area (Å²) in [6.45, 7) is 8.50. The van der Waals surface area contributed by atoms with Crippen molar-refractivity contribution in [1.29, 1.82) is 0 Å². The second-order valence-corrected chi connectivity index (χ2v) is 15.0. The lowest BCUT2D eigenvalue weighted by Gasteiger charge is -2.31. The number of benzene rings is 3. The number of aliphatic imine (C=N–C) groups is 7. The van der Waals surface area contributed by atoms with Crippen LogP contribution >= 0.6 is 0 Å². The van der Waals surface area contributed by atoms with E-state index in [2.05, 4.69) is 62.6 Å². The van der Waals surface area contributed by atoms with Gasteiger partial charge in [-0.15, -0.1) is 0 Å². The number of isocyanates is 7. The molecule has 14 heteroatoms. The molecule has 0 bridgehead atoms. The average Bonchev–Trinajstić information content (AvgIpc) is 3.32. The summed E-state index contributed by atoms with van der Waals surface area (Å²) in [5, 5.41) is 0. The minimum Gasteiger partial charge on any atom is -0.211 e. The Morgan fingerprint density at radius 3 is 0.716 bits per heavy atom. The molecule has 0 aromatic heterocycles. The molecule has 67 heavy (non-hydrogen) atoms. The van der Waals surface area contributed by atoms with Crippen molar-refractivity contribution >= 4 is 59.6 Å². The Morgan fingerprint density at radius 2 is 0.537 bits per heavy atom. The second kappa shape index (κ2) is 48.8. The van der Waals surface area contributed by atoms with Crippen molar-refractivity contribution in [1.82, 2.24) is 0 Å². The van der Waals surface area contributed by atoms with Gasteiger partial charge in [-0.05, 0) is 132 Å². The average molecular weight is 922 g/mol. The van der Waals surface area contributed by atoms with Crippen molar-refractivity contribution in [3.63, 3.8) is 0 Å². The fourth-order valence-electron chi connectivity index (χ4n) is 6.77. The molecule has 0 spiro atoms. The number of rotatable bonds is 9. The molecule has 0 atom stereocenters. The lowest BCUT2D eigenvalue weighted by Crippen LogP contribution is -2.23. The van der Waals surface area contributed by atoms with Gasteiger partial charge in [-0.2, -0.15) is 15.0 Å². The highest BCUT2D eigenvalue weighted by Gasteiger charge is 2.26. The highest BCUT2D eigenvalue weighted by molar-refractivity contribution is 5.49. The number of hydrogen-bond donors (Lipinski definition) is 0. The van der Waals surface area contributed by atoms with Gasteiger partial charge < -0.3 is 0 Å². The summed E-state index contributed by atoms with van der Waals surface area (Å²) in [5.41, 5.74) is 1.94. The topological polar surface area (TPSA) is 206 Å². The largest absolute Gasteiger partial charge is 0.240 e. The molecule has 0 N–H and O–H groups in total. The summed E-state index contributed by atoms with van der Waals surface area (Å²) in [7, 11) is 0. The molecule has 6 rings (SSSR count). The molecule has 364 valence electrons. The molecule has 3 aliphatic carbocycles. The van der Waals surface area contributed by atoms with Crippen LogP contribution in [0.25, 0.3) is 0 Å². The first-order chi connectivity index (χ1) is 31.3. The number of para-hydroxylation sites is 3. The van der Waals surface area contributed by atoms with Gasteiger partial charge in [0.25, 0.3) is 0 Å². The van der Waals surface area contributed by atoms with E-state index < -0.39 is 0 Å². The second-order valence-electron chi connectivity index (χ2n) is 15.0. The van der Waals surface area contributed by atoms with E-state index in [0.717, 1.165) is 63.2 Å². The first-order valence-electron chi connectivity index (χ1n) is 22.0. The molecule has 0 radical (unpaired) electrons. The molecule has 3 aliphatic rings. The monoisotopic (exact) mass is 922 g/mol. The molecule has 3 aromatic rings. The summed E-state index contributed by atoms with van der Waals surface area (Å²) in [5.74, 6) is 1.60. The predicted molar refractivity (Wildman–Crippen MR) is 269 cm³/mol. The Hall–Kier alpha value is -6.68. The minimum atomic E-state index is 0. The maximum atomic E-state index is 10.2. The van der Waals surface area contributed by atoms with E-state index in [1.165, 1.54) is 63.2 Å². The zero-order valence-electron chi connectivity index (χ0n) is 37.7. The smallest absolute Gasteiger partial charge is 0.211 e. The Balaban J connectivity index is -0.000000366. The standard InChI is InChI=1S/C15H22N2O2.C8H10N2O2.3C7H5NO.2C3H8.3CH4/c18-10-16-14-5-1-12(2-6-14)9-13-3-7-15(8-4-13)17-11-19;11-5-9-7-1-2-8(4-3-7)10-6-12;3*9-6-8-7-4-2-1-3-5-7;2*1-3-2;;;/h12-15H,1-9H2;7-8H,1-4H2;3*1-5H;2*3H2,1-2H3;3*1H4. The molecule has 3 fully saturated rings. The SMILES string of the molecule is C.C.C.CCC.CCC.O=C=NC1CCC(CC2CCC(N=C=O)CC2)CC1.O=C=NC1CCC(N=C=O)CC1.O=C=Nc1ccccc1.O=C=Nc1ccccc1.O=C=Nc1ccccc1. The molecular formula is C53H75N7O7. The normalized spacial score (nSPS) is 18.7. The fraction of sp³-hybridized carbons (Fsp3) is 0.528. The third-order valence-corrected chi connectivity index (χ3v) is 9.70. The third kappa shape index (κ3) is 37.3. The van der Waals surface area contributed by atoms with Crippen molar-refractivity contribution in [2.75, 3.05) is 0 Å². The summed E-state index contributed by atoms with van der Waals surface area (Å²) < 4.78 is 0. The van der Waals surface area contributed by atoms with Crippen LogP contribution in [0.4, 0.5) is 17.1 Å². The van der Waals surface area contributed by atoms with Gasteiger partial charge >= 0.3 is 0 Å². The molecule has 3 aromatic carbocycles. The lowest BCUT2D eigenvalue weighted by molar-refractivity contribution is 0.226. The van der Waals surface area contributed by atoms with Crippen LogP contribution in [0.15, 0.2) is 126 Å². The molecule has 3 saturated carbocycles. The van der Waals surface area contributed by atoms with E-state index in [-0.39, 0.29) is 46.4 Å². The van der Waals surface area contributed by atoms with Crippen molar-refractivity contribution in [3.05, 3.63) is 91.0 Å². The van der Waals surface area contributed by atoms with Gasteiger partial charge in [0.05, 0.1) is 41.2 Å². The lowest BCUT2D eigenvalue weighted by atomic mass is 9.76. The summed E-state index contributed by atoms with van der Waals surface area (Å²) >= 11 is 0. The van der Waals surface area contributed by atoms with Crippen LogP contribution in [0.1, 0.15) is 146 Å². The van der Waals surface area contributed by atoms with E-state index >= 15 is 0 Å². The van der Waals surface area contributed by atoms with Crippen LogP contribution in [0.3, 0.4) is 0 Å². The van der Waals surface area contributed by atoms with Crippen LogP contribution < -0.4 is 0 Å². The van der Waals surface area contributed by atoms with Crippen LogP contribution in [0, 0.1) is 11.8 Å². The first kappa shape index (κ1) is 66.9. The molecule has 0 aliphatic heterocycles. The van der Waals surface area contributed by atoms with Gasteiger partial charge in [0.15, 0.2) is 0 Å². The highest BCUT2D eigenvalue weighted by atomic mass is 16.1. The summed E-state index contributed by atoms with van der Waals surface area (Å²) in [6.07, 6.45) is 26.9. The van der Waals surface area contributed by atoms with Gasteiger partial charge in [0.1, 0.15) is 0 Å². The fourth-order valence-corrected chi connectivity index (χ4v) is 6.77. The molecule has 0 unspecified atom stereocenters. The van der Waals surface area contributed by atoms with E-state index in [0.29, 0.717) is 17.1 Å². The Labute approximate surface area is 400 Å². The Morgan fingerprint density at radius 1 is 0.343 bits per heavy atom.